The van der Waals surface area contributed by atoms with Gasteiger partial charge in [0.25, 0.3) is 5.88 Å². The molecule has 1 saturated heterocycles. The highest BCUT2D eigenvalue weighted by Gasteiger charge is 2.28. The van der Waals surface area contributed by atoms with Crippen molar-refractivity contribution in [2.45, 2.75) is 19.4 Å². The fourth-order valence-electron chi connectivity index (χ4n) is 3.63. The van der Waals surface area contributed by atoms with E-state index in [2.05, 4.69) is 15.2 Å². The van der Waals surface area contributed by atoms with E-state index in [0.717, 1.165) is 36.0 Å². The average Bonchev–Trinajstić information content (AvgIpc) is 2.77. The summed E-state index contributed by atoms with van der Waals surface area (Å²) in [5.74, 6) is 1.22. The summed E-state index contributed by atoms with van der Waals surface area (Å²) in [4.78, 5) is 24.2. The van der Waals surface area contributed by atoms with Gasteiger partial charge in [-0.15, -0.1) is 0 Å². The Labute approximate surface area is 164 Å². The second-order valence-corrected chi connectivity index (χ2v) is 7.03. The van der Waals surface area contributed by atoms with Crippen LogP contribution in [-0.2, 0) is 11.3 Å². The lowest BCUT2D eigenvalue weighted by molar-refractivity contribution is -0.125. The molecule has 1 aliphatic heterocycles. The molecule has 0 unspecified atom stereocenters. The predicted octanol–water partition coefficient (Wildman–Crippen LogP) is 3.17. The van der Waals surface area contributed by atoms with Crippen LogP contribution in [0.15, 0.2) is 54.6 Å². The number of amides is 1. The van der Waals surface area contributed by atoms with Crippen LogP contribution in [0.25, 0.3) is 11.0 Å². The van der Waals surface area contributed by atoms with Gasteiger partial charge in [-0.05, 0) is 30.5 Å². The van der Waals surface area contributed by atoms with Gasteiger partial charge in [-0.3, -0.25) is 4.79 Å². The Morgan fingerprint density at radius 1 is 1.11 bits per heavy atom. The molecule has 1 amide bonds. The van der Waals surface area contributed by atoms with Crippen molar-refractivity contribution in [3.8, 4) is 5.88 Å². The van der Waals surface area contributed by atoms with Crippen molar-refractivity contribution in [1.29, 1.82) is 0 Å². The molecule has 0 saturated carbocycles. The molecular weight excluding hydrogens is 352 g/mol. The Morgan fingerprint density at radius 2 is 1.82 bits per heavy atom. The van der Waals surface area contributed by atoms with Crippen LogP contribution in [0.2, 0.25) is 0 Å². The maximum Gasteiger partial charge on any atom is 0.257 e. The van der Waals surface area contributed by atoms with Gasteiger partial charge in [0.15, 0.2) is 5.82 Å². The Balaban J connectivity index is 1.49. The number of aromatic nitrogens is 2. The lowest BCUT2D eigenvalue weighted by Gasteiger charge is -2.33. The van der Waals surface area contributed by atoms with Gasteiger partial charge in [0, 0.05) is 19.6 Å². The number of fused-ring (bicyclic) bond motifs is 1. The number of benzene rings is 2. The molecule has 1 fully saturated rings. The summed E-state index contributed by atoms with van der Waals surface area (Å²) < 4.78 is 5.49. The summed E-state index contributed by atoms with van der Waals surface area (Å²) in [5, 5.41) is 3.07. The van der Waals surface area contributed by atoms with Gasteiger partial charge in [0.05, 0.1) is 24.1 Å². The van der Waals surface area contributed by atoms with Gasteiger partial charge >= 0.3 is 0 Å². The number of piperidine rings is 1. The molecule has 2 heterocycles. The zero-order valence-corrected chi connectivity index (χ0v) is 16.0. The second-order valence-electron chi connectivity index (χ2n) is 7.03. The van der Waals surface area contributed by atoms with Gasteiger partial charge in [-0.1, -0.05) is 42.5 Å². The summed E-state index contributed by atoms with van der Waals surface area (Å²) in [5.41, 5.74) is 2.73. The summed E-state index contributed by atoms with van der Waals surface area (Å²) in [6.07, 6.45) is 1.81. The number of nitrogens with zero attached hydrogens (tertiary/aromatic N) is 3. The highest BCUT2D eigenvalue weighted by molar-refractivity contribution is 5.80. The first-order valence-electron chi connectivity index (χ1n) is 9.62. The zero-order chi connectivity index (χ0) is 19.3. The minimum Gasteiger partial charge on any atom is -0.478 e. The monoisotopic (exact) mass is 376 g/mol. The third-order valence-electron chi connectivity index (χ3n) is 5.12. The molecular formula is C22H24N4O2. The van der Waals surface area contributed by atoms with Crippen molar-refractivity contribution in [3.63, 3.8) is 0 Å². The average molecular weight is 376 g/mol. The number of carbonyl (C=O) groups excluding carboxylic acids is 1. The fourth-order valence-corrected chi connectivity index (χ4v) is 3.63. The predicted molar refractivity (Wildman–Crippen MR) is 109 cm³/mol. The van der Waals surface area contributed by atoms with Crippen LogP contribution in [0.1, 0.15) is 18.4 Å². The Morgan fingerprint density at radius 3 is 2.57 bits per heavy atom. The number of hydrogen-bond donors (Lipinski definition) is 1. The molecule has 28 heavy (non-hydrogen) atoms. The van der Waals surface area contributed by atoms with Crippen molar-refractivity contribution >= 4 is 22.8 Å². The van der Waals surface area contributed by atoms with E-state index >= 15 is 0 Å². The molecule has 1 aliphatic rings. The number of ether oxygens (including phenoxy) is 1. The molecule has 3 aromatic rings. The SMILES string of the molecule is COc1nc2ccccc2nc1N1CCC[C@@H](C(=O)NCc2ccccc2)C1. The molecule has 1 aromatic heterocycles. The maximum absolute atomic E-state index is 12.7. The zero-order valence-electron chi connectivity index (χ0n) is 16.0. The molecule has 2 aromatic carbocycles. The molecule has 6 heteroatoms. The number of hydrogen-bond acceptors (Lipinski definition) is 5. The maximum atomic E-state index is 12.7. The van der Waals surface area contributed by atoms with Crippen molar-refractivity contribution in [1.82, 2.24) is 15.3 Å². The quantitative estimate of drug-likeness (QED) is 0.741. The molecule has 0 spiro atoms. The number of methoxy groups -OCH3 is 1. The van der Waals surface area contributed by atoms with E-state index in [4.69, 9.17) is 9.72 Å². The van der Waals surface area contributed by atoms with Crippen LogP contribution in [0.5, 0.6) is 5.88 Å². The van der Waals surface area contributed by atoms with Crippen LogP contribution in [0.4, 0.5) is 5.82 Å². The normalized spacial score (nSPS) is 16.8. The lowest BCUT2D eigenvalue weighted by Crippen LogP contribution is -2.43. The smallest absolute Gasteiger partial charge is 0.257 e. The van der Waals surface area contributed by atoms with Gasteiger partial charge in [-0.25, -0.2) is 9.97 Å². The highest BCUT2D eigenvalue weighted by Crippen LogP contribution is 2.30. The van der Waals surface area contributed by atoms with E-state index < -0.39 is 0 Å². The first kappa shape index (κ1) is 18.2. The molecule has 1 atom stereocenters. The summed E-state index contributed by atoms with van der Waals surface area (Å²) >= 11 is 0. The summed E-state index contributed by atoms with van der Waals surface area (Å²) in [6.45, 7) is 2.01. The van der Waals surface area contributed by atoms with E-state index in [1.807, 2.05) is 54.6 Å². The first-order valence-corrected chi connectivity index (χ1v) is 9.62. The minimum absolute atomic E-state index is 0.0737. The first-order chi connectivity index (χ1) is 13.7. The van der Waals surface area contributed by atoms with E-state index in [-0.39, 0.29) is 11.8 Å². The topological polar surface area (TPSA) is 67.4 Å². The molecule has 4 rings (SSSR count). The number of anilines is 1. The molecule has 144 valence electrons. The molecule has 0 bridgehead atoms. The highest BCUT2D eigenvalue weighted by atomic mass is 16.5. The standard InChI is InChI=1S/C22H24N4O2/c1-28-22-20(24-18-11-5-6-12-19(18)25-22)26-13-7-10-17(15-26)21(27)23-14-16-8-3-2-4-9-16/h2-6,8-9,11-12,17H,7,10,13-15H2,1H3,(H,23,27)/t17-/m1/s1. The number of para-hydroxylation sites is 2. The molecule has 1 N–H and O–H groups in total. The van der Waals surface area contributed by atoms with Crippen molar-refractivity contribution in [2.75, 3.05) is 25.1 Å². The molecule has 6 nitrogen and oxygen atoms in total. The lowest BCUT2D eigenvalue weighted by atomic mass is 9.97. The van der Waals surface area contributed by atoms with Crippen LogP contribution in [0, 0.1) is 5.92 Å². The number of carbonyl (C=O) groups is 1. The van der Waals surface area contributed by atoms with Crippen molar-refractivity contribution in [3.05, 3.63) is 60.2 Å². The molecule has 0 aliphatic carbocycles. The minimum atomic E-state index is -0.0737. The van der Waals surface area contributed by atoms with Gasteiger partial charge in [0.2, 0.25) is 5.91 Å². The van der Waals surface area contributed by atoms with E-state index in [0.29, 0.717) is 24.8 Å². The Kier molecular flexibility index (Phi) is 5.37. The van der Waals surface area contributed by atoms with Crippen LogP contribution in [0.3, 0.4) is 0 Å². The molecule has 0 radical (unpaired) electrons. The number of nitrogens with one attached hydrogen (secondary N) is 1. The van der Waals surface area contributed by atoms with E-state index in [1.165, 1.54) is 0 Å². The third-order valence-corrected chi connectivity index (χ3v) is 5.12. The van der Waals surface area contributed by atoms with Gasteiger partial charge in [0.1, 0.15) is 0 Å². The van der Waals surface area contributed by atoms with Crippen molar-refractivity contribution in [2.24, 2.45) is 5.92 Å². The van der Waals surface area contributed by atoms with Crippen molar-refractivity contribution < 1.29 is 9.53 Å². The Bertz CT molecular complexity index is 961. The Hall–Kier alpha value is -3.15. The van der Waals surface area contributed by atoms with E-state index in [1.54, 1.807) is 7.11 Å². The van der Waals surface area contributed by atoms with Gasteiger partial charge in [-0.2, -0.15) is 0 Å². The fraction of sp³-hybridized carbons (Fsp3) is 0.318. The van der Waals surface area contributed by atoms with E-state index in [9.17, 15) is 4.79 Å². The summed E-state index contributed by atoms with van der Waals surface area (Å²) in [7, 11) is 1.61. The van der Waals surface area contributed by atoms with Crippen LogP contribution < -0.4 is 15.0 Å². The van der Waals surface area contributed by atoms with Gasteiger partial charge < -0.3 is 15.0 Å². The largest absolute Gasteiger partial charge is 0.478 e. The summed E-state index contributed by atoms with van der Waals surface area (Å²) in [6, 6.07) is 17.7. The van der Waals surface area contributed by atoms with Crippen LogP contribution >= 0.6 is 0 Å². The number of rotatable bonds is 5. The second kappa shape index (κ2) is 8.25. The van der Waals surface area contributed by atoms with Crippen LogP contribution in [-0.4, -0.2) is 36.1 Å². The third kappa shape index (κ3) is 3.91.